The van der Waals surface area contributed by atoms with Gasteiger partial charge in [0, 0.05) is 73.0 Å². The molecule has 2 aliphatic rings. The van der Waals surface area contributed by atoms with Crippen LogP contribution in [0.4, 0.5) is 0 Å². The molecule has 22 N–H and O–H groups in total. The summed E-state index contributed by atoms with van der Waals surface area (Å²) in [5, 5.41) is 48.0. The summed E-state index contributed by atoms with van der Waals surface area (Å²) in [5.41, 5.74) is 26.9. The summed E-state index contributed by atoms with van der Waals surface area (Å²) in [7, 11) is 0. The molecule has 626 valence electrons. The number of para-hydroxylation sites is 2. The number of hydrogen-bond donors (Lipinski definition) is 18. The average molecular weight is 1600 g/mol. The number of hydrogen-bond acceptors (Lipinski definition) is 18. The molecule has 5 aromatic rings. The summed E-state index contributed by atoms with van der Waals surface area (Å²) in [6.07, 6.45) is 4.69. The molecule has 115 heavy (non-hydrogen) atoms. The number of likely N-dealkylation sites (tertiary alicyclic amines) is 2. The van der Waals surface area contributed by atoms with E-state index in [-0.39, 0.29) is 114 Å². The number of aromatic amines is 2. The average Bonchev–Trinajstić information content (AvgIpc) is 1.82. The van der Waals surface area contributed by atoms with E-state index in [0.29, 0.717) is 49.7 Å². The maximum atomic E-state index is 14.8. The highest BCUT2D eigenvalue weighted by molar-refractivity contribution is 6.00. The van der Waals surface area contributed by atoms with Gasteiger partial charge in [0.1, 0.15) is 72.2 Å². The number of fused-ring (bicyclic) bond motifs is 2. The van der Waals surface area contributed by atoms with E-state index in [2.05, 4.69) is 63.1 Å². The van der Waals surface area contributed by atoms with E-state index >= 15 is 0 Å². The fourth-order valence-corrected chi connectivity index (χ4v) is 14.2. The van der Waals surface area contributed by atoms with Crippen molar-refractivity contribution in [1.82, 2.24) is 72.9 Å². The highest BCUT2D eigenvalue weighted by Crippen LogP contribution is 2.26. The third-order valence-electron chi connectivity index (χ3n) is 20.4. The molecule has 2 fully saturated rings. The molecule has 35 heteroatoms. The van der Waals surface area contributed by atoms with Crippen LogP contribution in [0.3, 0.4) is 0 Å². The van der Waals surface area contributed by atoms with Gasteiger partial charge in [0.05, 0.1) is 12.6 Å². The number of unbranched alkanes of at least 4 members (excludes halogenated alkanes) is 2. The number of carboxylic acid groups (broad SMARTS) is 1. The number of H-pyrrole nitrogens is 2. The lowest BCUT2D eigenvalue weighted by Crippen LogP contribution is -2.60. The van der Waals surface area contributed by atoms with E-state index in [4.69, 9.17) is 22.9 Å². The van der Waals surface area contributed by atoms with Crippen molar-refractivity contribution in [2.75, 3.05) is 26.2 Å². The highest BCUT2D eigenvalue weighted by Gasteiger charge is 2.42. The monoisotopic (exact) mass is 1600 g/mol. The molecule has 0 unspecified atom stereocenters. The molecule has 2 aromatic heterocycles. The zero-order chi connectivity index (χ0) is 84.2. The Morgan fingerprint density at radius 1 is 0.487 bits per heavy atom. The van der Waals surface area contributed by atoms with Crippen LogP contribution in [0.2, 0.25) is 0 Å². The smallest absolute Gasteiger partial charge is 0.326 e. The molecular formula is C80H114N18O17. The maximum absolute atomic E-state index is 14.8. The van der Waals surface area contributed by atoms with Gasteiger partial charge in [0.15, 0.2) is 0 Å². The van der Waals surface area contributed by atoms with Crippen LogP contribution < -0.4 is 76.1 Å². The summed E-state index contributed by atoms with van der Waals surface area (Å²) in [6, 6.07) is 4.89. The number of aliphatic carboxylic acids is 1. The van der Waals surface area contributed by atoms with Gasteiger partial charge in [0.25, 0.3) is 0 Å². The Morgan fingerprint density at radius 2 is 0.939 bits per heavy atom. The van der Waals surface area contributed by atoms with Gasteiger partial charge in [-0.3, -0.25) is 67.1 Å². The summed E-state index contributed by atoms with van der Waals surface area (Å²) in [5.74, 6) is -13.0. The van der Waals surface area contributed by atoms with Gasteiger partial charge < -0.3 is 106 Å². The molecule has 2 aliphatic heterocycles. The first-order chi connectivity index (χ1) is 54.7. The first kappa shape index (κ1) is 90.7. The topological polar surface area (TPSA) is 559 Å². The lowest BCUT2D eigenvalue weighted by atomic mass is 9.99. The Bertz CT molecular complexity index is 4240. The number of rotatable bonds is 46. The minimum absolute atomic E-state index is 0.00343. The highest BCUT2D eigenvalue weighted by atomic mass is 16.4. The maximum Gasteiger partial charge on any atom is 0.326 e. The Morgan fingerprint density at radius 3 is 1.46 bits per heavy atom. The molecule has 0 aliphatic carbocycles. The van der Waals surface area contributed by atoms with E-state index in [0.717, 1.165) is 27.4 Å². The Balaban J connectivity index is 0.999. The lowest BCUT2D eigenvalue weighted by Gasteiger charge is -2.31. The van der Waals surface area contributed by atoms with Gasteiger partial charge in [0.2, 0.25) is 82.7 Å². The van der Waals surface area contributed by atoms with Crippen LogP contribution >= 0.6 is 0 Å². The fourth-order valence-electron chi connectivity index (χ4n) is 14.2. The predicted octanol–water partition coefficient (Wildman–Crippen LogP) is 0.218. The molecular weight excluding hydrogens is 1480 g/mol. The van der Waals surface area contributed by atoms with Gasteiger partial charge in [-0.25, -0.2) is 4.79 Å². The van der Waals surface area contributed by atoms with E-state index in [9.17, 15) is 82.1 Å². The van der Waals surface area contributed by atoms with E-state index in [1.54, 1.807) is 46.2 Å². The number of amides is 14. The fraction of sp³-hybridized carbons (Fsp3) is 0.537. The van der Waals surface area contributed by atoms with Gasteiger partial charge >= 0.3 is 5.97 Å². The van der Waals surface area contributed by atoms with Crippen LogP contribution in [0.15, 0.2) is 85.2 Å². The number of aromatic hydroxyl groups is 1. The van der Waals surface area contributed by atoms with Crippen molar-refractivity contribution in [3.63, 3.8) is 0 Å². The Kier molecular flexibility index (Phi) is 34.9. The number of nitrogens with one attached hydrogen (secondary N) is 12. The first-order valence-electron chi connectivity index (χ1n) is 39.5. The minimum atomic E-state index is -1.56. The van der Waals surface area contributed by atoms with Crippen molar-refractivity contribution in [2.24, 2.45) is 34.8 Å². The molecule has 0 radical (unpaired) electrons. The van der Waals surface area contributed by atoms with Crippen molar-refractivity contribution < 1.29 is 82.1 Å². The van der Waals surface area contributed by atoms with Gasteiger partial charge in [-0.2, -0.15) is 0 Å². The molecule has 3 aromatic carbocycles. The summed E-state index contributed by atoms with van der Waals surface area (Å²) in [6.45, 7) is 9.97. The minimum Gasteiger partial charge on any atom is -0.508 e. The largest absolute Gasteiger partial charge is 0.508 e. The van der Waals surface area contributed by atoms with Crippen LogP contribution in [-0.4, -0.2) is 217 Å². The number of nitrogens with zero attached hydrogens (tertiary/aromatic N) is 2. The molecule has 4 heterocycles. The zero-order valence-corrected chi connectivity index (χ0v) is 66.2. The van der Waals surface area contributed by atoms with Crippen molar-refractivity contribution >= 4 is 110 Å². The molecule has 7 rings (SSSR count). The number of nitrogens with two attached hydrogens (primary N) is 4. The quantitative estimate of drug-likeness (QED) is 0.0232. The van der Waals surface area contributed by atoms with Gasteiger partial charge in [-0.15, -0.1) is 0 Å². The van der Waals surface area contributed by atoms with Crippen LogP contribution in [0.25, 0.3) is 21.8 Å². The molecule has 0 bridgehead atoms. The van der Waals surface area contributed by atoms with Crippen LogP contribution in [0.5, 0.6) is 5.75 Å². The van der Waals surface area contributed by atoms with Crippen molar-refractivity contribution in [2.45, 2.75) is 236 Å². The van der Waals surface area contributed by atoms with Crippen molar-refractivity contribution in [3.8, 4) is 5.75 Å². The normalized spacial score (nSPS) is 16.6. The second kappa shape index (κ2) is 44.2. The van der Waals surface area contributed by atoms with E-state index < -0.39 is 174 Å². The predicted molar refractivity (Wildman–Crippen MR) is 425 cm³/mol. The van der Waals surface area contributed by atoms with E-state index in [1.807, 2.05) is 49.4 Å². The number of aromatic nitrogens is 2. The van der Waals surface area contributed by atoms with Crippen LogP contribution in [-0.2, 0) is 91.2 Å². The van der Waals surface area contributed by atoms with Crippen LogP contribution in [0.1, 0.15) is 161 Å². The number of phenolic OH excluding ortho intramolecular Hbond substituents is 1. The molecule has 35 nitrogen and oxygen atoms in total. The molecule has 14 amide bonds. The standard InChI is InChI=1S/C80H114N18O17/c1-7-8-19-56(71(105)96-63(80(114)115)38-47-25-27-50(99)28-26-47)91-77(111)65-24-16-35-98(65)79(113)59(30-32-67(84)101)89-68(102)43-87-76(110)64-23-15-34-97(64)78(112)58(22-13-14-33-81)92-74(108)61(37-45(4)5)94-72(106)57(29-31-66(83)100)90-73(107)60(36-44(2)3)95-75(109)62(40-49-42-86-55-21-12-10-18-52(49)55)93-69(103)46(6)88-70(104)53(82)39-48-41-85-54-20-11-9-17-51(48)54/h9-12,17-18,20-21,25-28,41-42,44-46,53,56-65,85-86,99H,7-8,13-16,19,22-24,29-40,43,81-82H2,1-6H3,(H2,83,100)(H2,84,101)(H,87,110)(H,88,104)(H,89,102)(H,90,107)(H,91,111)(H,92,108)(H,93,103)(H,94,106)(H,95,109)(H,96,105)(H,114,115)/t46-,53+,56+,57+,58+,59+,60+,61+,62+,63+,64+,65+/m1/s1. The van der Waals surface area contributed by atoms with Gasteiger partial charge in [-0.1, -0.05) is 96.0 Å². The SMILES string of the molecule is CCCC[C@H](NC(=O)[C@@H]1CCCN1C(=O)[C@H](CCC(N)=O)NC(=O)CNC(=O)[C@@H]1CCCN1C(=O)[C@H](CCCCN)NC(=O)[C@H](CC(C)C)NC(=O)[C@H](CCC(N)=O)NC(=O)[C@H](CC(C)C)NC(=O)[C@H](Cc1c[nH]c2ccccc12)NC(=O)[C@@H](C)NC(=O)[C@@H](N)Cc1c[nH]c2ccccc12)C(=O)N[C@@H](Cc1ccc(O)cc1)C(=O)O. The Labute approximate surface area is 667 Å². The summed E-state index contributed by atoms with van der Waals surface area (Å²) in [4.78, 5) is 217. The number of benzene rings is 3. The molecule has 0 saturated carbocycles. The van der Waals surface area contributed by atoms with Gasteiger partial charge in [-0.05, 0) is 150 Å². The summed E-state index contributed by atoms with van der Waals surface area (Å²) < 4.78 is 0. The lowest BCUT2D eigenvalue weighted by molar-refractivity contribution is -0.144. The zero-order valence-electron chi connectivity index (χ0n) is 66.2. The second-order valence-corrected chi connectivity index (χ2v) is 30.5. The third-order valence-corrected chi connectivity index (χ3v) is 20.4. The van der Waals surface area contributed by atoms with Crippen LogP contribution in [0, 0.1) is 11.8 Å². The number of phenols is 1. The number of carbonyl (C=O) groups is 15. The second-order valence-electron chi connectivity index (χ2n) is 30.5. The van der Waals surface area contributed by atoms with E-state index in [1.165, 1.54) is 41.0 Å². The number of primary amides is 2. The molecule has 0 spiro atoms. The number of carbonyl (C=O) groups excluding carboxylic acids is 14. The first-order valence-corrected chi connectivity index (χ1v) is 39.5. The Hall–Kier alpha value is -11.5. The number of carboxylic acids is 1. The van der Waals surface area contributed by atoms with Crippen molar-refractivity contribution in [1.29, 1.82) is 0 Å². The summed E-state index contributed by atoms with van der Waals surface area (Å²) >= 11 is 0. The molecule has 2 saturated heterocycles. The third kappa shape index (κ3) is 27.4. The van der Waals surface area contributed by atoms with Crippen molar-refractivity contribution in [3.05, 3.63) is 102 Å². The molecule has 12 atom stereocenters.